The van der Waals surface area contributed by atoms with Crippen LogP contribution in [-0.2, 0) is 24.3 Å². The van der Waals surface area contributed by atoms with Crippen molar-refractivity contribution in [1.29, 1.82) is 5.26 Å². The molecule has 1 aromatic heterocycles. The smallest absolute Gasteiger partial charge is 0.231 e. The van der Waals surface area contributed by atoms with E-state index in [1.54, 1.807) is 0 Å². The summed E-state index contributed by atoms with van der Waals surface area (Å²) in [4.78, 5) is 12.2. The molecule has 2 aromatic rings. The zero-order chi connectivity index (χ0) is 18.5. The summed E-state index contributed by atoms with van der Waals surface area (Å²) in [7, 11) is 0. The Labute approximate surface area is 152 Å². The summed E-state index contributed by atoms with van der Waals surface area (Å²) in [5.41, 5.74) is 4.01. The SMILES string of the molecule is Cc1nn(CCC#N)c(C)c1CCC(=O)NCc1ccc2c(c1)OCO2. The normalized spacial score (nSPS) is 12.0. The number of ether oxygens (including phenoxy) is 2. The van der Waals surface area contributed by atoms with E-state index in [1.807, 2.05) is 36.7 Å². The summed E-state index contributed by atoms with van der Waals surface area (Å²) >= 11 is 0. The van der Waals surface area contributed by atoms with E-state index < -0.39 is 0 Å². The highest BCUT2D eigenvalue weighted by molar-refractivity contribution is 5.76. The standard InChI is InChI=1S/C19H22N4O3/c1-13-16(14(2)23(22-13)9-3-8-20)5-7-19(24)21-11-15-4-6-17-18(10-15)26-12-25-17/h4,6,10H,3,5,7,9,11-12H2,1-2H3,(H,21,24). The summed E-state index contributed by atoms with van der Waals surface area (Å²) in [6.45, 7) is 5.20. The molecule has 0 aliphatic carbocycles. The summed E-state index contributed by atoms with van der Waals surface area (Å²) in [5.74, 6) is 1.44. The first-order valence-electron chi connectivity index (χ1n) is 8.63. The first-order chi connectivity index (χ1) is 12.6. The maximum Gasteiger partial charge on any atom is 0.231 e. The molecule has 2 heterocycles. The van der Waals surface area contributed by atoms with Crippen molar-refractivity contribution >= 4 is 5.91 Å². The van der Waals surface area contributed by atoms with Gasteiger partial charge in [-0.15, -0.1) is 0 Å². The molecule has 0 atom stereocenters. The lowest BCUT2D eigenvalue weighted by Crippen LogP contribution is -2.23. The fraction of sp³-hybridized carbons (Fsp3) is 0.421. The molecule has 0 unspecified atom stereocenters. The Bertz CT molecular complexity index is 851. The van der Waals surface area contributed by atoms with Crippen LogP contribution in [0.3, 0.4) is 0 Å². The second-order valence-corrected chi connectivity index (χ2v) is 6.24. The molecule has 1 aliphatic heterocycles. The van der Waals surface area contributed by atoms with Crippen molar-refractivity contribution in [1.82, 2.24) is 15.1 Å². The fourth-order valence-electron chi connectivity index (χ4n) is 3.05. The van der Waals surface area contributed by atoms with Gasteiger partial charge in [-0.2, -0.15) is 10.4 Å². The Morgan fingerprint density at radius 2 is 2.15 bits per heavy atom. The van der Waals surface area contributed by atoms with Gasteiger partial charge < -0.3 is 14.8 Å². The number of nitrogens with zero attached hydrogens (tertiary/aromatic N) is 3. The molecule has 0 bridgehead atoms. The van der Waals surface area contributed by atoms with Crippen molar-refractivity contribution in [2.24, 2.45) is 0 Å². The summed E-state index contributed by atoms with van der Waals surface area (Å²) < 4.78 is 12.5. The lowest BCUT2D eigenvalue weighted by atomic mass is 10.1. The quantitative estimate of drug-likeness (QED) is 0.825. The van der Waals surface area contributed by atoms with Crippen LogP contribution in [0.25, 0.3) is 0 Å². The molecule has 26 heavy (non-hydrogen) atoms. The number of rotatable bonds is 7. The van der Waals surface area contributed by atoms with Gasteiger partial charge in [-0.3, -0.25) is 9.48 Å². The Kier molecular flexibility index (Phi) is 5.42. The van der Waals surface area contributed by atoms with E-state index in [2.05, 4.69) is 16.5 Å². The van der Waals surface area contributed by atoms with Gasteiger partial charge in [0.25, 0.3) is 0 Å². The topological polar surface area (TPSA) is 89.2 Å². The van der Waals surface area contributed by atoms with Crippen LogP contribution >= 0.6 is 0 Å². The van der Waals surface area contributed by atoms with E-state index in [1.165, 1.54) is 0 Å². The van der Waals surface area contributed by atoms with Gasteiger partial charge >= 0.3 is 0 Å². The number of benzene rings is 1. The van der Waals surface area contributed by atoms with Crippen LogP contribution in [0.4, 0.5) is 0 Å². The number of aromatic nitrogens is 2. The van der Waals surface area contributed by atoms with Crippen LogP contribution in [0, 0.1) is 25.2 Å². The minimum Gasteiger partial charge on any atom is -0.454 e. The number of aryl methyl sites for hydroxylation is 2. The summed E-state index contributed by atoms with van der Waals surface area (Å²) in [6.07, 6.45) is 1.46. The molecular formula is C19H22N4O3. The molecular weight excluding hydrogens is 332 g/mol. The number of carbonyl (C=O) groups is 1. The molecule has 0 saturated carbocycles. The maximum atomic E-state index is 12.2. The maximum absolute atomic E-state index is 12.2. The highest BCUT2D eigenvalue weighted by Crippen LogP contribution is 2.32. The highest BCUT2D eigenvalue weighted by atomic mass is 16.7. The third-order valence-electron chi connectivity index (χ3n) is 4.50. The average molecular weight is 354 g/mol. The number of nitrogens with one attached hydrogen (secondary N) is 1. The monoisotopic (exact) mass is 354 g/mol. The minimum atomic E-state index is -0.00811. The van der Waals surface area contributed by atoms with Gasteiger partial charge in [0, 0.05) is 18.7 Å². The lowest BCUT2D eigenvalue weighted by Gasteiger charge is -2.07. The Morgan fingerprint density at radius 1 is 1.35 bits per heavy atom. The third kappa shape index (κ3) is 3.97. The zero-order valence-corrected chi connectivity index (χ0v) is 15.0. The molecule has 7 nitrogen and oxygen atoms in total. The van der Waals surface area contributed by atoms with Crippen molar-refractivity contribution in [2.45, 2.75) is 46.2 Å². The molecule has 1 amide bonds. The van der Waals surface area contributed by atoms with Crippen LogP contribution < -0.4 is 14.8 Å². The van der Waals surface area contributed by atoms with Crippen LogP contribution in [0.5, 0.6) is 11.5 Å². The van der Waals surface area contributed by atoms with Crippen LogP contribution in [0.15, 0.2) is 18.2 Å². The van der Waals surface area contributed by atoms with Crippen molar-refractivity contribution in [3.63, 3.8) is 0 Å². The first-order valence-corrected chi connectivity index (χ1v) is 8.63. The van der Waals surface area contributed by atoms with Crippen LogP contribution in [0.2, 0.25) is 0 Å². The van der Waals surface area contributed by atoms with Gasteiger partial charge in [0.05, 0.1) is 24.7 Å². The number of hydrogen-bond acceptors (Lipinski definition) is 5. The van der Waals surface area contributed by atoms with Crippen molar-refractivity contribution < 1.29 is 14.3 Å². The van der Waals surface area contributed by atoms with Gasteiger partial charge in [-0.1, -0.05) is 6.07 Å². The number of hydrogen-bond donors (Lipinski definition) is 1. The van der Waals surface area contributed by atoms with Gasteiger partial charge in [-0.05, 0) is 43.5 Å². The molecule has 1 aromatic carbocycles. The van der Waals surface area contributed by atoms with Crippen molar-refractivity contribution in [2.75, 3.05) is 6.79 Å². The van der Waals surface area contributed by atoms with E-state index in [9.17, 15) is 4.79 Å². The van der Waals surface area contributed by atoms with E-state index >= 15 is 0 Å². The summed E-state index contributed by atoms with van der Waals surface area (Å²) in [6, 6.07) is 7.78. The van der Waals surface area contributed by atoms with Crippen LogP contribution in [-0.4, -0.2) is 22.5 Å². The molecule has 136 valence electrons. The van der Waals surface area contributed by atoms with Gasteiger partial charge in [0.2, 0.25) is 12.7 Å². The second-order valence-electron chi connectivity index (χ2n) is 6.24. The predicted molar refractivity (Wildman–Crippen MR) is 94.7 cm³/mol. The van der Waals surface area contributed by atoms with Gasteiger partial charge in [0.1, 0.15) is 0 Å². The zero-order valence-electron chi connectivity index (χ0n) is 15.0. The number of carbonyl (C=O) groups excluding carboxylic acids is 1. The number of amides is 1. The van der Waals surface area contributed by atoms with Crippen molar-refractivity contribution in [3.8, 4) is 17.6 Å². The van der Waals surface area contributed by atoms with E-state index in [4.69, 9.17) is 14.7 Å². The third-order valence-corrected chi connectivity index (χ3v) is 4.50. The Hall–Kier alpha value is -3.01. The second kappa shape index (κ2) is 7.91. The average Bonchev–Trinajstić information content (AvgIpc) is 3.20. The number of nitriles is 1. The fourth-order valence-corrected chi connectivity index (χ4v) is 3.05. The molecule has 1 aliphatic rings. The van der Waals surface area contributed by atoms with Gasteiger partial charge in [-0.25, -0.2) is 0 Å². The first kappa shape index (κ1) is 17.8. The lowest BCUT2D eigenvalue weighted by molar-refractivity contribution is -0.121. The van der Waals surface area contributed by atoms with Gasteiger partial charge in [0.15, 0.2) is 11.5 Å². The van der Waals surface area contributed by atoms with E-state index in [0.717, 1.165) is 28.3 Å². The number of fused-ring (bicyclic) bond motifs is 1. The Morgan fingerprint density at radius 3 is 2.96 bits per heavy atom. The molecule has 3 rings (SSSR count). The van der Waals surface area contributed by atoms with Crippen molar-refractivity contribution in [3.05, 3.63) is 40.7 Å². The predicted octanol–water partition coefficient (Wildman–Crippen LogP) is 2.39. The largest absolute Gasteiger partial charge is 0.454 e. The minimum absolute atomic E-state index is 0.00811. The molecule has 1 N–H and O–H groups in total. The van der Waals surface area contributed by atoms with E-state index in [0.29, 0.717) is 38.1 Å². The summed E-state index contributed by atoms with van der Waals surface area (Å²) in [5, 5.41) is 16.1. The molecule has 0 spiro atoms. The molecule has 0 radical (unpaired) electrons. The highest BCUT2D eigenvalue weighted by Gasteiger charge is 2.15. The molecule has 0 saturated heterocycles. The van der Waals surface area contributed by atoms with E-state index in [-0.39, 0.29) is 12.7 Å². The van der Waals surface area contributed by atoms with Crippen LogP contribution in [0.1, 0.15) is 35.4 Å². The molecule has 7 heteroatoms. The Balaban J connectivity index is 1.51. The molecule has 0 fully saturated rings.